The van der Waals surface area contributed by atoms with Crippen molar-refractivity contribution in [3.8, 4) is 0 Å². The molecule has 4 heteroatoms. The van der Waals surface area contributed by atoms with E-state index in [1.807, 2.05) is 11.6 Å². The van der Waals surface area contributed by atoms with Crippen LogP contribution in [0.5, 0.6) is 0 Å². The van der Waals surface area contributed by atoms with Gasteiger partial charge in [-0.25, -0.2) is 0 Å². The first-order valence-corrected chi connectivity index (χ1v) is 7.26. The lowest BCUT2D eigenvalue weighted by Crippen LogP contribution is -2.51. The second-order valence-corrected chi connectivity index (χ2v) is 7.06. The topological polar surface area (TPSA) is 56.7 Å². The summed E-state index contributed by atoms with van der Waals surface area (Å²) in [6.45, 7) is 0. The van der Waals surface area contributed by atoms with E-state index in [9.17, 15) is 0 Å². The van der Waals surface area contributed by atoms with Gasteiger partial charge in [-0.15, -0.1) is 10.2 Å². The smallest absolute Gasteiger partial charge is 0.150 e. The molecule has 18 heavy (non-hydrogen) atoms. The van der Waals surface area contributed by atoms with Gasteiger partial charge < -0.3 is 10.3 Å². The van der Waals surface area contributed by atoms with Gasteiger partial charge >= 0.3 is 0 Å². The molecule has 1 aromatic heterocycles. The molecule has 1 heterocycles. The summed E-state index contributed by atoms with van der Waals surface area (Å²) in [7, 11) is 2.01. The van der Waals surface area contributed by atoms with Gasteiger partial charge in [0.15, 0.2) is 0 Å². The maximum atomic E-state index is 6.62. The second kappa shape index (κ2) is 3.56. The highest BCUT2D eigenvalue weighted by molar-refractivity contribution is 5.10. The van der Waals surface area contributed by atoms with Gasteiger partial charge in [-0.05, 0) is 61.7 Å². The molecule has 1 unspecified atom stereocenters. The van der Waals surface area contributed by atoms with Gasteiger partial charge in [-0.2, -0.15) is 0 Å². The van der Waals surface area contributed by atoms with Crippen LogP contribution in [0.4, 0.5) is 0 Å². The Hall–Kier alpha value is -0.900. The molecular formula is C14H22N4. The standard InChI is InChI=1S/C14H22N4/c1-18-8-16-17-13(18)12(15)14-5-9-2-10(6-14)4-11(3-9)7-14/h8-12H,2-7,15H2,1H3. The minimum atomic E-state index is 0.0819. The fourth-order valence-corrected chi connectivity index (χ4v) is 5.41. The summed E-state index contributed by atoms with van der Waals surface area (Å²) >= 11 is 0. The first-order chi connectivity index (χ1) is 8.66. The average molecular weight is 246 g/mol. The van der Waals surface area contributed by atoms with Crippen LogP contribution in [0.1, 0.15) is 50.4 Å². The molecule has 0 aliphatic heterocycles. The fraction of sp³-hybridized carbons (Fsp3) is 0.857. The van der Waals surface area contributed by atoms with Gasteiger partial charge in [0, 0.05) is 7.05 Å². The van der Waals surface area contributed by atoms with E-state index < -0.39 is 0 Å². The quantitative estimate of drug-likeness (QED) is 0.868. The van der Waals surface area contributed by atoms with Crippen molar-refractivity contribution in [2.45, 2.75) is 44.6 Å². The van der Waals surface area contributed by atoms with E-state index in [1.165, 1.54) is 38.5 Å². The highest BCUT2D eigenvalue weighted by Crippen LogP contribution is 2.63. The highest BCUT2D eigenvalue weighted by atomic mass is 15.3. The minimum Gasteiger partial charge on any atom is -0.321 e. The summed E-state index contributed by atoms with van der Waals surface area (Å²) < 4.78 is 2.00. The highest BCUT2D eigenvalue weighted by Gasteiger charge is 2.54. The van der Waals surface area contributed by atoms with Crippen molar-refractivity contribution in [1.29, 1.82) is 0 Å². The first-order valence-electron chi connectivity index (χ1n) is 7.26. The third-order valence-corrected chi connectivity index (χ3v) is 5.77. The number of nitrogens with zero attached hydrogens (tertiary/aromatic N) is 3. The SMILES string of the molecule is Cn1cnnc1C(N)C12CC3CC(CC(C3)C1)C2. The summed E-state index contributed by atoms with van der Waals surface area (Å²) in [6, 6.07) is 0.0819. The normalized spacial score (nSPS) is 43.3. The molecule has 0 aromatic carbocycles. The Bertz CT molecular complexity index is 429. The van der Waals surface area contributed by atoms with Crippen molar-refractivity contribution in [3.63, 3.8) is 0 Å². The van der Waals surface area contributed by atoms with Gasteiger partial charge in [-0.3, -0.25) is 0 Å². The first kappa shape index (κ1) is 11.0. The zero-order chi connectivity index (χ0) is 12.3. The maximum Gasteiger partial charge on any atom is 0.150 e. The Kier molecular flexibility index (Phi) is 2.17. The molecule has 1 atom stereocenters. The van der Waals surface area contributed by atoms with E-state index in [0.717, 1.165) is 23.6 Å². The van der Waals surface area contributed by atoms with Crippen LogP contribution >= 0.6 is 0 Å². The van der Waals surface area contributed by atoms with E-state index in [2.05, 4.69) is 10.2 Å². The summed E-state index contributed by atoms with van der Waals surface area (Å²) in [5.74, 6) is 3.80. The largest absolute Gasteiger partial charge is 0.321 e. The molecule has 0 amide bonds. The second-order valence-electron chi connectivity index (χ2n) is 7.06. The molecule has 4 saturated carbocycles. The lowest BCUT2D eigenvalue weighted by molar-refractivity contribution is -0.0696. The van der Waals surface area contributed by atoms with Gasteiger partial charge in [0.2, 0.25) is 0 Å². The molecule has 5 rings (SSSR count). The molecule has 1 aromatic rings. The number of aromatic nitrogens is 3. The number of aryl methyl sites for hydroxylation is 1. The Labute approximate surface area is 108 Å². The van der Waals surface area contributed by atoms with E-state index in [0.29, 0.717) is 5.41 Å². The van der Waals surface area contributed by atoms with Crippen LogP contribution in [0.2, 0.25) is 0 Å². The summed E-state index contributed by atoms with van der Waals surface area (Å²) in [5.41, 5.74) is 6.94. The molecule has 4 nitrogen and oxygen atoms in total. The fourth-order valence-electron chi connectivity index (χ4n) is 5.41. The lowest BCUT2D eigenvalue weighted by Gasteiger charge is -2.58. The van der Waals surface area contributed by atoms with Crippen LogP contribution in [0.3, 0.4) is 0 Å². The number of hydrogen-bond acceptors (Lipinski definition) is 3. The van der Waals surface area contributed by atoms with Gasteiger partial charge in [0.1, 0.15) is 12.2 Å². The average Bonchev–Trinajstić information content (AvgIpc) is 2.72. The Morgan fingerprint density at radius 3 is 2.22 bits per heavy atom. The van der Waals surface area contributed by atoms with E-state index in [1.54, 1.807) is 6.33 Å². The monoisotopic (exact) mass is 246 g/mol. The van der Waals surface area contributed by atoms with Gasteiger partial charge in [-0.1, -0.05) is 0 Å². The zero-order valence-electron chi connectivity index (χ0n) is 11.0. The molecular weight excluding hydrogens is 224 g/mol. The summed E-state index contributed by atoms with van der Waals surface area (Å²) in [5, 5.41) is 8.26. The third-order valence-electron chi connectivity index (χ3n) is 5.77. The van der Waals surface area contributed by atoms with Crippen LogP contribution < -0.4 is 5.73 Å². The molecule has 98 valence electrons. The van der Waals surface area contributed by atoms with Gasteiger partial charge in [0.25, 0.3) is 0 Å². The van der Waals surface area contributed by atoms with Crippen molar-refractivity contribution >= 4 is 0 Å². The van der Waals surface area contributed by atoms with Crippen LogP contribution in [0.15, 0.2) is 6.33 Å². The Morgan fingerprint density at radius 2 is 1.78 bits per heavy atom. The van der Waals surface area contributed by atoms with Crippen molar-refractivity contribution in [3.05, 3.63) is 12.2 Å². The molecule has 0 spiro atoms. The van der Waals surface area contributed by atoms with E-state index >= 15 is 0 Å². The third kappa shape index (κ3) is 1.41. The van der Waals surface area contributed by atoms with E-state index in [-0.39, 0.29) is 6.04 Å². The molecule has 4 aliphatic carbocycles. The molecule has 0 radical (unpaired) electrons. The number of nitrogens with two attached hydrogens (primary N) is 1. The van der Waals surface area contributed by atoms with Crippen LogP contribution in [-0.4, -0.2) is 14.8 Å². The van der Waals surface area contributed by atoms with Crippen LogP contribution in [0, 0.1) is 23.2 Å². The Morgan fingerprint density at radius 1 is 1.22 bits per heavy atom. The molecule has 4 aliphatic rings. The summed E-state index contributed by atoms with van der Waals surface area (Å²) in [4.78, 5) is 0. The number of hydrogen-bond donors (Lipinski definition) is 1. The Balaban J connectivity index is 1.69. The van der Waals surface area contributed by atoms with Crippen LogP contribution in [0.25, 0.3) is 0 Å². The van der Waals surface area contributed by atoms with Crippen LogP contribution in [-0.2, 0) is 7.05 Å². The van der Waals surface area contributed by atoms with Crippen molar-refractivity contribution < 1.29 is 0 Å². The van der Waals surface area contributed by atoms with Crippen molar-refractivity contribution in [2.75, 3.05) is 0 Å². The molecule has 0 saturated heterocycles. The van der Waals surface area contributed by atoms with Crippen molar-refractivity contribution in [1.82, 2.24) is 14.8 Å². The summed E-state index contributed by atoms with van der Waals surface area (Å²) in [6.07, 6.45) is 10.1. The minimum absolute atomic E-state index is 0.0819. The number of rotatable bonds is 2. The van der Waals surface area contributed by atoms with Crippen molar-refractivity contribution in [2.24, 2.45) is 36.0 Å². The molecule has 2 N–H and O–H groups in total. The maximum absolute atomic E-state index is 6.62. The van der Waals surface area contributed by atoms with Gasteiger partial charge in [0.05, 0.1) is 6.04 Å². The van der Waals surface area contributed by atoms with E-state index in [4.69, 9.17) is 5.73 Å². The molecule has 4 bridgehead atoms. The zero-order valence-corrected chi connectivity index (χ0v) is 11.0. The molecule has 4 fully saturated rings. The predicted octanol–water partition coefficient (Wildman–Crippen LogP) is 2.03. The predicted molar refractivity (Wildman–Crippen MR) is 68.5 cm³/mol. The lowest BCUT2D eigenvalue weighted by atomic mass is 9.47.